The fraction of sp³-hybridized carbons (Fsp3) is 0. The number of benzene rings is 2. The second-order valence-electron chi connectivity index (χ2n) is 5.68. The Morgan fingerprint density at radius 1 is 0.962 bits per heavy atom. The Morgan fingerprint density at radius 3 is 2.54 bits per heavy atom. The zero-order valence-electron chi connectivity index (χ0n) is 13.5. The van der Waals surface area contributed by atoms with Crippen molar-refractivity contribution in [1.82, 2.24) is 5.32 Å². The van der Waals surface area contributed by atoms with Gasteiger partial charge in [0.05, 0.1) is 5.69 Å². The average Bonchev–Trinajstić information content (AvgIpc) is 3.21. The van der Waals surface area contributed by atoms with E-state index in [9.17, 15) is 14.0 Å². The molecule has 0 spiro atoms. The van der Waals surface area contributed by atoms with Crippen LogP contribution in [-0.4, -0.2) is 11.9 Å². The highest BCUT2D eigenvalue weighted by Crippen LogP contribution is 2.26. The zero-order valence-corrected chi connectivity index (χ0v) is 13.5. The Morgan fingerprint density at radius 2 is 1.77 bits per heavy atom. The lowest BCUT2D eigenvalue weighted by Crippen LogP contribution is -2.30. The summed E-state index contributed by atoms with van der Waals surface area (Å²) < 4.78 is 19.0. The molecule has 0 radical (unpaired) electrons. The number of carbonyl (C=O) groups excluding carboxylic acids is 2. The molecule has 1 N–H and O–H groups in total. The molecule has 6 heteroatoms. The molecule has 2 heterocycles. The van der Waals surface area contributed by atoms with Crippen molar-refractivity contribution in [2.24, 2.45) is 0 Å². The molecule has 1 fully saturated rings. The van der Waals surface area contributed by atoms with E-state index in [1.807, 2.05) is 0 Å². The standard InChI is InChI=1S/C20H13FN2O3/c21-14-6-4-5-13(11-14)18-10-9-16(26-18)12-17-19(24)23(20(25)22-17)15-7-2-1-3-8-15/h1-12H,(H,22,25)/b17-12-. The van der Waals surface area contributed by atoms with Crippen LogP contribution in [0.25, 0.3) is 17.4 Å². The summed E-state index contributed by atoms with van der Waals surface area (Å²) in [6.07, 6.45) is 1.45. The quantitative estimate of drug-likeness (QED) is 0.570. The van der Waals surface area contributed by atoms with Gasteiger partial charge in [-0.15, -0.1) is 0 Å². The normalized spacial score (nSPS) is 15.6. The van der Waals surface area contributed by atoms with Crippen molar-refractivity contribution in [2.75, 3.05) is 4.90 Å². The van der Waals surface area contributed by atoms with Crippen LogP contribution in [0.2, 0.25) is 0 Å². The van der Waals surface area contributed by atoms with Gasteiger partial charge in [0, 0.05) is 11.6 Å². The van der Waals surface area contributed by atoms with Crippen LogP contribution in [0.3, 0.4) is 0 Å². The van der Waals surface area contributed by atoms with E-state index in [-0.39, 0.29) is 11.5 Å². The summed E-state index contributed by atoms with van der Waals surface area (Å²) in [6, 6.07) is 17.5. The molecule has 0 bridgehead atoms. The maximum atomic E-state index is 13.3. The molecule has 1 aliphatic heterocycles. The third kappa shape index (κ3) is 2.88. The molecule has 1 saturated heterocycles. The minimum Gasteiger partial charge on any atom is -0.457 e. The van der Waals surface area contributed by atoms with E-state index < -0.39 is 11.9 Å². The number of rotatable bonds is 3. The minimum absolute atomic E-state index is 0.110. The number of nitrogens with one attached hydrogen (secondary N) is 1. The molecular weight excluding hydrogens is 335 g/mol. The first-order valence-corrected chi connectivity index (χ1v) is 7.90. The smallest absolute Gasteiger partial charge is 0.333 e. The zero-order chi connectivity index (χ0) is 18.1. The molecule has 0 unspecified atom stereocenters. The van der Waals surface area contributed by atoms with Gasteiger partial charge in [0.2, 0.25) is 0 Å². The number of urea groups is 1. The van der Waals surface area contributed by atoms with Crippen LogP contribution in [0, 0.1) is 5.82 Å². The third-order valence-corrected chi connectivity index (χ3v) is 3.92. The average molecular weight is 348 g/mol. The van der Waals surface area contributed by atoms with E-state index in [1.54, 1.807) is 54.6 Å². The predicted molar refractivity (Wildman–Crippen MR) is 94.5 cm³/mol. The Labute approximate surface area is 148 Å². The van der Waals surface area contributed by atoms with E-state index in [0.29, 0.717) is 22.8 Å². The van der Waals surface area contributed by atoms with E-state index in [2.05, 4.69) is 5.32 Å². The summed E-state index contributed by atoms with van der Waals surface area (Å²) in [5.74, 6) is 0.0105. The molecule has 1 aliphatic rings. The number of anilines is 1. The number of hydrogen-bond donors (Lipinski definition) is 1. The lowest BCUT2D eigenvalue weighted by molar-refractivity contribution is -0.113. The largest absolute Gasteiger partial charge is 0.457 e. The van der Waals surface area contributed by atoms with Gasteiger partial charge in [-0.25, -0.2) is 14.1 Å². The number of imide groups is 1. The summed E-state index contributed by atoms with van der Waals surface area (Å²) in [6.45, 7) is 0. The van der Waals surface area contributed by atoms with Gasteiger partial charge in [0.1, 0.15) is 23.0 Å². The molecule has 4 rings (SSSR count). The van der Waals surface area contributed by atoms with Crippen LogP contribution in [0.4, 0.5) is 14.9 Å². The molecule has 26 heavy (non-hydrogen) atoms. The SMILES string of the molecule is O=C1N/C(=C\c2ccc(-c3cccc(F)c3)o2)C(=O)N1c1ccccc1. The van der Waals surface area contributed by atoms with Crippen molar-refractivity contribution in [3.63, 3.8) is 0 Å². The number of nitrogens with zero attached hydrogens (tertiary/aromatic N) is 1. The van der Waals surface area contributed by atoms with Crippen molar-refractivity contribution in [3.05, 3.63) is 84.0 Å². The second-order valence-corrected chi connectivity index (χ2v) is 5.68. The highest BCUT2D eigenvalue weighted by atomic mass is 19.1. The first-order valence-electron chi connectivity index (χ1n) is 7.90. The molecule has 3 amide bonds. The van der Waals surface area contributed by atoms with E-state index in [1.165, 1.54) is 18.2 Å². The summed E-state index contributed by atoms with van der Waals surface area (Å²) >= 11 is 0. The molecule has 0 saturated carbocycles. The van der Waals surface area contributed by atoms with E-state index in [0.717, 1.165) is 4.90 Å². The highest BCUT2D eigenvalue weighted by Gasteiger charge is 2.34. The summed E-state index contributed by atoms with van der Waals surface area (Å²) in [5.41, 5.74) is 1.18. The molecule has 2 aromatic carbocycles. The van der Waals surface area contributed by atoms with E-state index in [4.69, 9.17) is 4.42 Å². The fourth-order valence-corrected chi connectivity index (χ4v) is 2.72. The molecule has 1 aromatic heterocycles. The molecule has 3 aromatic rings. The number of furan rings is 1. The van der Waals surface area contributed by atoms with Crippen molar-refractivity contribution >= 4 is 23.7 Å². The van der Waals surface area contributed by atoms with Crippen LogP contribution in [-0.2, 0) is 4.79 Å². The summed E-state index contributed by atoms with van der Waals surface area (Å²) in [7, 11) is 0. The molecule has 0 atom stereocenters. The predicted octanol–water partition coefficient (Wildman–Crippen LogP) is 4.18. The number of halogens is 1. The van der Waals surface area contributed by atoms with Gasteiger partial charge < -0.3 is 9.73 Å². The summed E-state index contributed by atoms with van der Waals surface area (Å²) in [5, 5.41) is 2.54. The van der Waals surface area contributed by atoms with Crippen molar-refractivity contribution in [2.45, 2.75) is 0 Å². The molecule has 5 nitrogen and oxygen atoms in total. The number of para-hydroxylation sites is 1. The minimum atomic E-state index is -0.524. The van der Waals surface area contributed by atoms with Crippen molar-refractivity contribution < 1.29 is 18.4 Å². The Bertz CT molecular complexity index is 1020. The topological polar surface area (TPSA) is 62.6 Å². The maximum absolute atomic E-state index is 13.3. The summed E-state index contributed by atoms with van der Waals surface area (Å²) in [4.78, 5) is 25.7. The van der Waals surface area contributed by atoms with Crippen molar-refractivity contribution in [1.29, 1.82) is 0 Å². The monoisotopic (exact) mass is 348 g/mol. The molecular formula is C20H13FN2O3. The van der Waals surface area contributed by atoms with E-state index >= 15 is 0 Å². The number of carbonyl (C=O) groups is 2. The maximum Gasteiger partial charge on any atom is 0.333 e. The van der Waals surface area contributed by atoms with Gasteiger partial charge in [-0.1, -0.05) is 30.3 Å². The van der Waals surface area contributed by atoms with Crippen LogP contribution in [0.15, 0.2) is 76.8 Å². The lowest BCUT2D eigenvalue weighted by atomic mass is 10.2. The van der Waals surface area contributed by atoms with Crippen molar-refractivity contribution in [3.8, 4) is 11.3 Å². The number of amides is 3. The fourth-order valence-electron chi connectivity index (χ4n) is 2.72. The van der Waals surface area contributed by atoms with Gasteiger partial charge in [-0.05, 0) is 36.4 Å². The van der Waals surface area contributed by atoms with Crippen LogP contribution >= 0.6 is 0 Å². The first-order chi connectivity index (χ1) is 12.6. The van der Waals surface area contributed by atoms with Gasteiger partial charge >= 0.3 is 6.03 Å². The van der Waals surface area contributed by atoms with Gasteiger partial charge in [-0.3, -0.25) is 4.79 Å². The third-order valence-electron chi connectivity index (χ3n) is 3.92. The van der Waals surface area contributed by atoms with Gasteiger partial charge in [0.15, 0.2) is 0 Å². The first kappa shape index (κ1) is 15.8. The number of hydrogen-bond acceptors (Lipinski definition) is 3. The highest BCUT2D eigenvalue weighted by molar-refractivity contribution is 6.28. The van der Waals surface area contributed by atoms with Crippen LogP contribution in [0.1, 0.15) is 5.76 Å². The Balaban J connectivity index is 1.62. The Kier molecular flexibility index (Phi) is 3.85. The second kappa shape index (κ2) is 6.33. The lowest BCUT2D eigenvalue weighted by Gasteiger charge is -2.10. The Hall–Kier alpha value is -3.67. The van der Waals surface area contributed by atoms with Crippen LogP contribution in [0.5, 0.6) is 0 Å². The molecule has 0 aliphatic carbocycles. The van der Waals surface area contributed by atoms with Gasteiger partial charge in [0.25, 0.3) is 5.91 Å². The van der Waals surface area contributed by atoms with Gasteiger partial charge in [-0.2, -0.15) is 0 Å². The molecule has 128 valence electrons. The van der Waals surface area contributed by atoms with Crippen LogP contribution < -0.4 is 10.2 Å².